The fourth-order valence-corrected chi connectivity index (χ4v) is 4.81. The highest BCUT2D eigenvalue weighted by Gasteiger charge is 2.31. The first-order valence-corrected chi connectivity index (χ1v) is 11.0. The molecule has 0 spiro atoms. The number of amides is 1. The van der Waals surface area contributed by atoms with Gasteiger partial charge in [-0.05, 0) is 56.8 Å². The van der Waals surface area contributed by atoms with Gasteiger partial charge in [0.05, 0.1) is 12.8 Å². The highest BCUT2D eigenvalue weighted by molar-refractivity contribution is 5.67. The van der Waals surface area contributed by atoms with Gasteiger partial charge in [-0.2, -0.15) is 5.10 Å². The molecule has 6 nitrogen and oxygen atoms in total. The predicted octanol–water partition coefficient (Wildman–Crippen LogP) is 3.80. The first kappa shape index (κ1) is 20.0. The van der Waals surface area contributed by atoms with E-state index in [0.717, 1.165) is 45.4 Å². The van der Waals surface area contributed by atoms with E-state index < -0.39 is 0 Å². The molecule has 2 aliphatic heterocycles. The van der Waals surface area contributed by atoms with Crippen LogP contribution < -0.4 is 0 Å². The van der Waals surface area contributed by atoms with Crippen LogP contribution in [0.5, 0.6) is 0 Å². The third kappa shape index (κ3) is 4.81. The number of benzene rings is 1. The molecule has 6 heteroatoms. The van der Waals surface area contributed by atoms with Gasteiger partial charge in [-0.3, -0.25) is 5.10 Å². The number of carbonyl (C=O) groups is 1. The quantitative estimate of drug-likeness (QED) is 0.835. The summed E-state index contributed by atoms with van der Waals surface area (Å²) in [6.07, 6.45) is 7.22. The van der Waals surface area contributed by atoms with E-state index in [4.69, 9.17) is 4.74 Å². The van der Waals surface area contributed by atoms with Crippen molar-refractivity contribution in [2.45, 2.75) is 51.0 Å². The molecule has 2 aromatic rings. The van der Waals surface area contributed by atoms with Crippen LogP contribution in [-0.2, 0) is 11.2 Å². The number of H-pyrrole nitrogens is 1. The average Bonchev–Trinajstić information content (AvgIpc) is 3.23. The van der Waals surface area contributed by atoms with Crippen LogP contribution in [0.25, 0.3) is 0 Å². The SMILES string of the molecule is CCOC(=O)N1CCC(N2CCC(c3[nH]ncc3Cc3ccccc3)CC2)CC1. The van der Waals surface area contributed by atoms with Gasteiger partial charge in [-0.15, -0.1) is 0 Å². The molecule has 2 saturated heterocycles. The van der Waals surface area contributed by atoms with E-state index in [1.807, 2.05) is 18.0 Å². The number of nitrogens with one attached hydrogen (secondary N) is 1. The maximum atomic E-state index is 11.9. The van der Waals surface area contributed by atoms with Crippen molar-refractivity contribution >= 4 is 6.09 Å². The number of hydrogen-bond donors (Lipinski definition) is 1. The molecule has 1 aromatic heterocycles. The van der Waals surface area contributed by atoms with Gasteiger partial charge >= 0.3 is 6.09 Å². The largest absolute Gasteiger partial charge is 0.450 e. The minimum atomic E-state index is -0.158. The number of piperidine rings is 2. The molecule has 0 radical (unpaired) electrons. The fraction of sp³-hybridized carbons (Fsp3) is 0.565. The van der Waals surface area contributed by atoms with Crippen molar-refractivity contribution in [1.29, 1.82) is 0 Å². The second-order valence-electron chi connectivity index (χ2n) is 8.20. The van der Waals surface area contributed by atoms with Gasteiger partial charge in [-0.25, -0.2) is 4.79 Å². The second-order valence-corrected chi connectivity index (χ2v) is 8.20. The first-order chi connectivity index (χ1) is 14.2. The summed E-state index contributed by atoms with van der Waals surface area (Å²) < 4.78 is 5.14. The number of likely N-dealkylation sites (tertiary alicyclic amines) is 2. The highest BCUT2D eigenvalue weighted by Crippen LogP contribution is 2.32. The summed E-state index contributed by atoms with van der Waals surface area (Å²) in [5, 5.41) is 7.65. The van der Waals surface area contributed by atoms with E-state index in [0.29, 0.717) is 18.6 Å². The van der Waals surface area contributed by atoms with Crippen LogP contribution in [0.15, 0.2) is 36.5 Å². The van der Waals surface area contributed by atoms with E-state index in [-0.39, 0.29) is 6.09 Å². The van der Waals surface area contributed by atoms with Gasteiger partial charge in [0.2, 0.25) is 0 Å². The minimum Gasteiger partial charge on any atom is -0.450 e. The van der Waals surface area contributed by atoms with Crippen molar-refractivity contribution in [1.82, 2.24) is 20.0 Å². The van der Waals surface area contributed by atoms with Gasteiger partial charge in [0.1, 0.15) is 0 Å². The lowest BCUT2D eigenvalue weighted by molar-refractivity contribution is 0.0661. The average molecular weight is 397 g/mol. The molecule has 0 aliphatic carbocycles. The normalized spacial score (nSPS) is 19.4. The van der Waals surface area contributed by atoms with Crippen molar-refractivity contribution in [2.24, 2.45) is 0 Å². The Morgan fingerprint density at radius 1 is 1.10 bits per heavy atom. The van der Waals surface area contributed by atoms with E-state index in [2.05, 4.69) is 45.4 Å². The molecule has 1 aromatic carbocycles. The van der Waals surface area contributed by atoms with Crippen LogP contribution in [0, 0.1) is 0 Å². The number of aromatic nitrogens is 2. The number of aromatic amines is 1. The minimum absolute atomic E-state index is 0.158. The van der Waals surface area contributed by atoms with Crippen molar-refractivity contribution in [3.05, 3.63) is 53.3 Å². The Balaban J connectivity index is 1.29. The van der Waals surface area contributed by atoms with Crippen LogP contribution in [0.2, 0.25) is 0 Å². The molecule has 3 heterocycles. The summed E-state index contributed by atoms with van der Waals surface area (Å²) in [5.41, 5.74) is 3.99. The number of rotatable bonds is 5. The van der Waals surface area contributed by atoms with E-state index >= 15 is 0 Å². The molecule has 2 aliphatic rings. The van der Waals surface area contributed by atoms with E-state index in [9.17, 15) is 4.79 Å². The maximum Gasteiger partial charge on any atom is 0.409 e. The first-order valence-electron chi connectivity index (χ1n) is 11.0. The Morgan fingerprint density at radius 3 is 2.52 bits per heavy atom. The number of hydrogen-bond acceptors (Lipinski definition) is 4. The Kier molecular flexibility index (Phi) is 6.49. The zero-order valence-electron chi connectivity index (χ0n) is 17.3. The third-order valence-electron chi connectivity index (χ3n) is 6.43. The second kappa shape index (κ2) is 9.44. The molecular weight excluding hydrogens is 364 g/mol. The molecule has 29 heavy (non-hydrogen) atoms. The molecular formula is C23H32N4O2. The number of carbonyl (C=O) groups excluding carboxylic acids is 1. The Morgan fingerprint density at radius 2 is 1.83 bits per heavy atom. The van der Waals surface area contributed by atoms with Crippen molar-refractivity contribution in [3.8, 4) is 0 Å². The zero-order valence-corrected chi connectivity index (χ0v) is 17.3. The molecule has 4 rings (SSSR count). The molecule has 1 amide bonds. The van der Waals surface area contributed by atoms with Crippen LogP contribution in [0.1, 0.15) is 55.3 Å². The van der Waals surface area contributed by atoms with Gasteiger partial charge in [-0.1, -0.05) is 30.3 Å². The Labute approximate surface area is 173 Å². The summed E-state index contributed by atoms with van der Waals surface area (Å²) >= 11 is 0. The summed E-state index contributed by atoms with van der Waals surface area (Å²) in [6, 6.07) is 11.2. The third-order valence-corrected chi connectivity index (χ3v) is 6.43. The van der Waals surface area contributed by atoms with Gasteiger partial charge in [0.15, 0.2) is 0 Å². The Bertz CT molecular complexity index is 775. The summed E-state index contributed by atoms with van der Waals surface area (Å²) in [7, 11) is 0. The molecule has 0 unspecified atom stereocenters. The molecule has 0 saturated carbocycles. The molecule has 0 bridgehead atoms. The molecule has 156 valence electrons. The van der Waals surface area contributed by atoms with Crippen LogP contribution in [0.4, 0.5) is 4.79 Å². The Hall–Kier alpha value is -2.34. The van der Waals surface area contributed by atoms with Crippen LogP contribution in [0.3, 0.4) is 0 Å². The number of nitrogens with zero attached hydrogens (tertiary/aromatic N) is 3. The zero-order chi connectivity index (χ0) is 20.1. The van der Waals surface area contributed by atoms with Gasteiger partial charge in [0, 0.05) is 37.2 Å². The van der Waals surface area contributed by atoms with E-state index in [1.165, 1.54) is 29.7 Å². The van der Waals surface area contributed by atoms with Crippen molar-refractivity contribution in [3.63, 3.8) is 0 Å². The lowest BCUT2D eigenvalue weighted by Crippen LogP contribution is -2.49. The van der Waals surface area contributed by atoms with Gasteiger partial charge < -0.3 is 14.5 Å². The predicted molar refractivity (Wildman–Crippen MR) is 113 cm³/mol. The summed E-state index contributed by atoms with van der Waals surface area (Å²) in [4.78, 5) is 16.4. The van der Waals surface area contributed by atoms with E-state index in [1.54, 1.807) is 0 Å². The van der Waals surface area contributed by atoms with Crippen LogP contribution in [-0.4, -0.2) is 64.9 Å². The topological polar surface area (TPSA) is 61.5 Å². The smallest absolute Gasteiger partial charge is 0.409 e. The fourth-order valence-electron chi connectivity index (χ4n) is 4.81. The van der Waals surface area contributed by atoms with Crippen molar-refractivity contribution < 1.29 is 9.53 Å². The van der Waals surface area contributed by atoms with Crippen molar-refractivity contribution in [2.75, 3.05) is 32.8 Å². The molecule has 2 fully saturated rings. The number of ether oxygens (including phenoxy) is 1. The monoisotopic (exact) mass is 396 g/mol. The lowest BCUT2D eigenvalue weighted by Gasteiger charge is -2.41. The molecule has 0 atom stereocenters. The van der Waals surface area contributed by atoms with Gasteiger partial charge in [0.25, 0.3) is 0 Å². The molecule has 1 N–H and O–H groups in total. The summed E-state index contributed by atoms with van der Waals surface area (Å²) in [5.74, 6) is 0.562. The standard InChI is InChI=1S/C23H32N4O2/c1-2-29-23(28)27-14-10-21(11-15-27)26-12-8-19(9-13-26)22-20(17-24-25-22)16-18-6-4-3-5-7-18/h3-7,17,19,21H,2,8-16H2,1H3,(H,24,25). The lowest BCUT2D eigenvalue weighted by atomic mass is 9.88. The maximum absolute atomic E-state index is 11.9. The van der Waals surface area contributed by atoms with Crippen LogP contribution >= 0.6 is 0 Å². The summed E-state index contributed by atoms with van der Waals surface area (Å²) in [6.45, 7) is 6.18. The highest BCUT2D eigenvalue weighted by atomic mass is 16.6.